The number of fused-ring (bicyclic) bond motifs is 3. The number of benzene rings is 1. The van der Waals surface area contributed by atoms with Crippen LogP contribution < -0.4 is 10.6 Å². The molecule has 6 N–H and O–H groups in total. The average Bonchev–Trinajstić information content (AvgIpc) is 2.81. The van der Waals surface area contributed by atoms with Gasteiger partial charge in [0.15, 0.2) is 11.4 Å². The molecule has 10 nitrogen and oxygen atoms in total. The van der Waals surface area contributed by atoms with Crippen LogP contribution in [0.5, 0.6) is 5.75 Å². The second-order valence-electron chi connectivity index (χ2n) is 13.4. The van der Waals surface area contributed by atoms with E-state index in [0.717, 1.165) is 18.5 Å². The zero-order chi connectivity index (χ0) is 30.1. The minimum atomic E-state index is -2.66. The SMILES string of the molecule is CN(C)c1cc(CCCC(C)(C)C)c(O)c2c1C[C@H]1C[C@H]3[C@H](N(C)C)C(O)C(C(N)=O)C(=O)[C@@]3(O)C(=O)C1=C2O. The van der Waals surface area contributed by atoms with Gasteiger partial charge in [0.1, 0.15) is 17.4 Å². The number of aliphatic hydroxyl groups is 3. The van der Waals surface area contributed by atoms with Gasteiger partial charge in [0.25, 0.3) is 0 Å². The number of nitrogens with two attached hydrogens (primary N) is 1. The minimum absolute atomic E-state index is 0.0964. The van der Waals surface area contributed by atoms with Crippen LogP contribution in [-0.2, 0) is 27.2 Å². The Hall–Kier alpha value is -2.95. The first kappa shape index (κ1) is 30.0. The number of hydrogen-bond acceptors (Lipinski definition) is 9. The Labute approximate surface area is 235 Å². The van der Waals surface area contributed by atoms with Gasteiger partial charge >= 0.3 is 0 Å². The van der Waals surface area contributed by atoms with Crippen LogP contribution in [0.1, 0.15) is 56.7 Å². The Kier molecular flexibility index (Phi) is 7.62. The van der Waals surface area contributed by atoms with Crippen molar-refractivity contribution in [2.75, 3.05) is 33.1 Å². The standard InChI is InChI=1S/C30H43N3O7/c1-29(2,3)10-8-9-14-13-18(32(4)5)16-11-15-12-17-22(33(6)7)25(36)21(28(31)39)27(38)30(17,40)26(37)19(15)24(35)20(16)23(14)34/h13,15,17,21-22,25,34-36,40H,8-12H2,1-7H3,(H2,31,39)/t15-,17-,21?,22-,25?,30-/m0/s1. The highest BCUT2D eigenvalue weighted by atomic mass is 16.3. The van der Waals surface area contributed by atoms with E-state index in [4.69, 9.17) is 5.73 Å². The number of hydrogen-bond donors (Lipinski definition) is 5. The third kappa shape index (κ3) is 4.59. The van der Waals surface area contributed by atoms with Gasteiger partial charge in [-0.05, 0) is 74.7 Å². The first-order valence-corrected chi connectivity index (χ1v) is 13.9. The predicted octanol–water partition coefficient (Wildman–Crippen LogP) is 1.56. The number of aromatic hydroxyl groups is 1. The van der Waals surface area contributed by atoms with Gasteiger partial charge in [-0.25, -0.2) is 0 Å². The summed E-state index contributed by atoms with van der Waals surface area (Å²) < 4.78 is 0. The lowest BCUT2D eigenvalue weighted by Crippen LogP contribution is -2.73. The van der Waals surface area contributed by atoms with Gasteiger partial charge in [0.05, 0.1) is 11.7 Å². The number of carbonyl (C=O) groups excluding carboxylic acids is 3. The molecule has 3 aliphatic carbocycles. The Balaban J connectivity index is 1.88. The van der Waals surface area contributed by atoms with E-state index in [0.29, 0.717) is 17.5 Å². The number of amides is 1. The Morgan fingerprint density at radius 1 is 1.15 bits per heavy atom. The number of aliphatic hydroxyl groups excluding tert-OH is 2. The van der Waals surface area contributed by atoms with Crippen molar-refractivity contribution in [3.63, 3.8) is 0 Å². The lowest BCUT2D eigenvalue weighted by molar-refractivity contribution is -0.184. The summed E-state index contributed by atoms with van der Waals surface area (Å²) in [4.78, 5) is 43.2. The summed E-state index contributed by atoms with van der Waals surface area (Å²) in [5, 5.41) is 45.8. The number of Topliss-reactive ketones (excluding diaryl/α,β-unsaturated/α-hetero) is 2. The number of aryl methyl sites for hydroxylation is 1. The van der Waals surface area contributed by atoms with Crippen molar-refractivity contribution in [1.82, 2.24) is 4.90 Å². The third-order valence-electron chi connectivity index (χ3n) is 9.00. The van der Waals surface area contributed by atoms with E-state index < -0.39 is 58.7 Å². The maximum absolute atomic E-state index is 14.1. The Morgan fingerprint density at radius 2 is 1.77 bits per heavy atom. The lowest BCUT2D eigenvalue weighted by atomic mass is 9.54. The van der Waals surface area contributed by atoms with Crippen LogP contribution in [0.2, 0.25) is 0 Å². The summed E-state index contributed by atoms with van der Waals surface area (Å²) in [6.07, 6.45) is 1.15. The number of primary amides is 1. The molecular formula is C30H43N3O7. The Bertz CT molecular complexity index is 1280. The van der Waals surface area contributed by atoms with Crippen molar-refractivity contribution in [2.24, 2.45) is 28.9 Å². The number of phenolic OH excluding ortho intramolecular Hbond substituents is 1. The smallest absolute Gasteiger partial charge is 0.230 e. The molecule has 3 aliphatic rings. The highest BCUT2D eigenvalue weighted by Gasteiger charge is 2.67. The molecule has 0 spiro atoms. The van der Waals surface area contributed by atoms with Crippen LogP contribution in [0, 0.1) is 23.2 Å². The van der Waals surface area contributed by atoms with E-state index in [1.165, 1.54) is 0 Å². The molecule has 0 heterocycles. The molecule has 220 valence electrons. The summed E-state index contributed by atoms with van der Waals surface area (Å²) in [6, 6.07) is 1.01. The number of ketones is 2. The molecule has 6 atom stereocenters. The van der Waals surface area contributed by atoms with Crippen molar-refractivity contribution in [3.8, 4) is 5.75 Å². The van der Waals surface area contributed by atoms with E-state index in [-0.39, 0.29) is 35.1 Å². The van der Waals surface area contributed by atoms with E-state index in [1.807, 2.05) is 25.1 Å². The fourth-order valence-electron chi connectivity index (χ4n) is 7.11. The highest BCUT2D eigenvalue weighted by molar-refractivity contribution is 6.25. The van der Waals surface area contributed by atoms with Crippen LogP contribution in [0.3, 0.4) is 0 Å². The summed E-state index contributed by atoms with van der Waals surface area (Å²) in [5.74, 6) is -7.27. The fraction of sp³-hybridized carbons (Fsp3) is 0.633. The van der Waals surface area contributed by atoms with Crippen molar-refractivity contribution in [3.05, 3.63) is 28.3 Å². The molecule has 0 radical (unpaired) electrons. The minimum Gasteiger partial charge on any atom is -0.507 e. The summed E-state index contributed by atoms with van der Waals surface area (Å²) >= 11 is 0. The van der Waals surface area contributed by atoms with Gasteiger partial charge in [-0.15, -0.1) is 0 Å². The van der Waals surface area contributed by atoms with E-state index >= 15 is 0 Å². The second kappa shape index (κ2) is 10.2. The molecule has 0 aliphatic heterocycles. The molecule has 0 aromatic heterocycles. The van der Waals surface area contributed by atoms with Gasteiger partial charge in [-0.2, -0.15) is 0 Å². The second-order valence-corrected chi connectivity index (χ2v) is 13.4. The first-order chi connectivity index (χ1) is 18.4. The summed E-state index contributed by atoms with van der Waals surface area (Å²) in [5.41, 5.74) is 5.01. The van der Waals surface area contributed by atoms with Crippen LogP contribution in [0.4, 0.5) is 5.69 Å². The molecule has 40 heavy (non-hydrogen) atoms. The molecule has 2 unspecified atom stereocenters. The van der Waals surface area contributed by atoms with Crippen LogP contribution >= 0.6 is 0 Å². The zero-order valence-corrected chi connectivity index (χ0v) is 24.5. The number of likely N-dealkylation sites (N-methyl/N-ethyl adjacent to an activating group) is 1. The molecular weight excluding hydrogens is 514 g/mol. The maximum Gasteiger partial charge on any atom is 0.230 e. The average molecular weight is 558 g/mol. The molecule has 10 heteroatoms. The predicted molar refractivity (Wildman–Crippen MR) is 151 cm³/mol. The van der Waals surface area contributed by atoms with Gasteiger partial charge < -0.3 is 36.0 Å². The number of carbonyl (C=O) groups is 3. The van der Waals surface area contributed by atoms with Crippen LogP contribution in [0.15, 0.2) is 11.6 Å². The van der Waals surface area contributed by atoms with Gasteiger partial charge in [-0.1, -0.05) is 20.8 Å². The van der Waals surface area contributed by atoms with E-state index in [1.54, 1.807) is 19.0 Å². The van der Waals surface area contributed by atoms with Gasteiger partial charge in [0.2, 0.25) is 11.7 Å². The summed E-state index contributed by atoms with van der Waals surface area (Å²) in [6.45, 7) is 6.43. The number of nitrogens with zero attached hydrogens (tertiary/aromatic N) is 2. The number of anilines is 1. The fourth-order valence-corrected chi connectivity index (χ4v) is 7.11. The highest BCUT2D eigenvalue weighted by Crippen LogP contribution is 2.53. The van der Waals surface area contributed by atoms with E-state index in [2.05, 4.69) is 20.8 Å². The third-order valence-corrected chi connectivity index (χ3v) is 9.00. The van der Waals surface area contributed by atoms with Crippen molar-refractivity contribution in [1.29, 1.82) is 0 Å². The maximum atomic E-state index is 14.1. The molecule has 4 rings (SSSR count). The Morgan fingerprint density at radius 3 is 2.30 bits per heavy atom. The van der Waals surface area contributed by atoms with Gasteiger partial charge in [-0.3, -0.25) is 14.4 Å². The molecule has 2 fully saturated rings. The summed E-state index contributed by atoms with van der Waals surface area (Å²) in [7, 11) is 7.01. The lowest BCUT2D eigenvalue weighted by Gasteiger charge is -2.53. The molecule has 0 bridgehead atoms. The molecule has 1 aromatic carbocycles. The van der Waals surface area contributed by atoms with Crippen LogP contribution in [-0.4, -0.2) is 88.7 Å². The van der Waals surface area contributed by atoms with Crippen molar-refractivity contribution >= 4 is 28.9 Å². The molecule has 2 saturated carbocycles. The topological polar surface area (TPSA) is 165 Å². The van der Waals surface area contributed by atoms with Crippen LogP contribution in [0.25, 0.3) is 5.76 Å². The van der Waals surface area contributed by atoms with Gasteiger partial charge in [0, 0.05) is 37.3 Å². The molecule has 1 amide bonds. The molecule has 1 aromatic rings. The number of phenols is 1. The number of rotatable bonds is 6. The largest absolute Gasteiger partial charge is 0.507 e. The first-order valence-electron chi connectivity index (χ1n) is 13.9. The van der Waals surface area contributed by atoms with Crippen molar-refractivity contribution in [2.45, 2.75) is 70.6 Å². The van der Waals surface area contributed by atoms with Crippen molar-refractivity contribution < 1.29 is 34.8 Å². The van der Waals surface area contributed by atoms with E-state index in [9.17, 15) is 34.8 Å². The quantitative estimate of drug-likeness (QED) is 0.327. The molecule has 0 saturated heterocycles. The zero-order valence-electron chi connectivity index (χ0n) is 24.5. The normalized spacial score (nSPS) is 30.2. The monoisotopic (exact) mass is 557 g/mol.